The molecule has 2 heterocycles. The number of amides is 1. The van der Waals surface area contributed by atoms with E-state index in [0.717, 1.165) is 11.8 Å². The van der Waals surface area contributed by atoms with Gasteiger partial charge in [-0.15, -0.1) is 0 Å². The smallest absolute Gasteiger partial charge is 0.306 e. The highest BCUT2D eigenvalue weighted by Gasteiger charge is 2.33. The van der Waals surface area contributed by atoms with Gasteiger partial charge in [-0.25, -0.2) is 4.39 Å². The Morgan fingerprint density at radius 3 is 2.61 bits per heavy atom. The zero-order chi connectivity index (χ0) is 20.5. The Morgan fingerprint density at radius 2 is 2.00 bits per heavy atom. The van der Waals surface area contributed by atoms with Crippen molar-refractivity contribution in [3.05, 3.63) is 68.8 Å². The van der Waals surface area contributed by atoms with Crippen LogP contribution in [-0.4, -0.2) is 30.4 Å². The number of hydrogen-bond donors (Lipinski definition) is 1. The zero-order valence-corrected chi connectivity index (χ0v) is 16.6. The molecule has 1 aromatic carbocycles. The van der Waals surface area contributed by atoms with Crippen LogP contribution in [0, 0.1) is 15.9 Å². The van der Waals surface area contributed by atoms with E-state index in [0.29, 0.717) is 16.8 Å². The maximum absolute atomic E-state index is 13.0. The summed E-state index contributed by atoms with van der Waals surface area (Å²) in [5.41, 5.74) is -0.543. The average molecular weight is 451 g/mol. The minimum absolute atomic E-state index is 0.203. The second kappa shape index (κ2) is 7.50. The Bertz CT molecular complexity index is 1030. The Labute approximate surface area is 167 Å². The summed E-state index contributed by atoms with van der Waals surface area (Å²) >= 11 is 3.35. The highest BCUT2D eigenvalue weighted by Crippen LogP contribution is 2.25. The number of nitrogens with one attached hydrogen (secondary N) is 1. The predicted molar refractivity (Wildman–Crippen MR) is 102 cm³/mol. The molecule has 0 saturated carbocycles. The van der Waals surface area contributed by atoms with Gasteiger partial charge in [0, 0.05) is 6.20 Å². The number of aromatic nitrogens is 4. The van der Waals surface area contributed by atoms with E-state index in [1.165, 1.54) is 23.0 Å². The van der Waals surface area contributed by atoms with Gasteiger partial charge >= 0.3 is 5.69 Å². The van der Waals surface area contributed by atoms with E-state index < -0.39 is 16.4 Å². The van der Waals surface area contributed by atoms with Crippen molar-refractivity contribution in [2.75, 3.05) is 5.32 Å². The molecule has 3 rings (SSSR count). The van der Waals surface area contributed by atoms with Gasteiger partial charge in [0.15, 0.2) is 5.82 Å². The molecular formula is C17H16BrFN6O3. The lowest BCUT2D eigenvalue weighted by atomic mass is 10.1. The van der Waals surface area contributed by atoms with E-state index in [1.54, 1.807) is 36.9 Å². The molecule has 0 aliphatic rings. The lowest BCUT2D eigenvalue weighted by Gasteiger charge is -2.23. The van der Waals surface area contributed by atoms with E-state index in [4.69, 9.17) is 0 Å². The van der Waals surface area contributed by atoms with Gasteiger partial charge in [-0.05, 0) is 47.5 Å². The first-order valence-corrected chi connectivity index (χ1v) is 8.94. The number of rotatable bonds is 6. The van der Waals surface area contributed by atoms with Crippen LogP contribution in [0.3, 0.4) is 0 Å². The molecule has 0 fully saturated rings. The Morgan fingerprint density at radius 1 is 1.32 bits per heavy atom. The molecule has 0 atom stereocenters. The van der Waals surface area contributed by atoms with Gasteiger partial charge in [0.05, 0.1) is 15.9 Å². The number of hydrogen-bond acceptors (Lipinski definition) is 5. The summed E-state index contributed by atoms with van der Waals surface area (Å²) in [5, 5.41) is 21.7. The zero-order valence-electron chi connectivity index (χ0n) is 15.0. The van der Waals surface area contributed by atoms with Crippen LogP contribution >= 0.6 is 15.9 Å². The second-order valence-electron chi connectivity index (χ2n) is 6.56. The topological polar surface area (TPSA) is 108 Å². The summed E-state index contributed by atoms with van der Waals surface area (Å²) in [4.78, 5) is 23.0. The van der Waals surface area contributed by atoms with Gasteiger partial charge in [0.25, 0.3) is 5.91 Å². The van der Waals surface area contributed by atoms with Gasteiger partial charge in [-0.1, -0.05) is 12.1 Å². The first kappa shape index (κ1) is 19.7. The third-order valence-corrected chi connectivity index (χ3v) is 4.70. The maximum Gasteiger partial charge on any atom is 0.307 e. The summed E-state index contributed by atoms with van der Waals surface area (Å²) in [6.07, 6.45) is 3.97. The lowest BCUT2D eigenvalue weighted by molar-refractivity contribution is -0.385. The molecule has 0 bridgehead atoms. The van der Waals surface area contributed by atoms with Gasteiger partial charge in [-0.2, -0.15) is 10.2 Å². The van der Waals surface area contributed by atoms with Crippen molar-refractivity contribution in [1.82, 2.24) is 19.6 Å². The molecule has 0 aliphatic carbocycles. The van der Waals surface area contributed by atoms with Crippen molar-refractivity contribution >= 4 is 33.3 Å². The van der Waals surface area contributed by atoms with E-state index >= 15 is 0 Å². The van der Waals surface area contributed by atoms with Crippen LogP contribution in [0.15, 0.2) is 47.3 Å². The van der Waals surface area contributed by atoms with Crippen molar-refractivity contribution in [2.45, 2.75) is 25.9 Å². The van der Waals surface area contributed by atoms with Crippen molar-refractivity contribution < 1.29 is 14.1 Å². The lowest BCUT2D eigenvalue weighted by Crippen LogP contribution is -2.40. The molecule has 9 nitrogen and oxygen atoms in total. The first-order chi connectivity index (χ1) is 13.2. The molecule has 0 unspecified atom stereocenters. The summed E-state index contributed by atoms with van der Waals surface area (Å²) < 4.78 is 16.4. The number of nitro groups is 1. The third-order valence-electron chi connectivity index (χ3n) is 4.11. The van der Waals surface area contributed by atoms with E-state index in [-0.39, 0.29) is 11.5 Å². The number of carbonyl (C=O) groups excluding carboxylic acids is 1. The maximum atomic E-state index is 13.0. The predicted octanol–water partition coefficient (Wildman–Crippen LogP) is 3.31. The summed E-state index contributed by atoms with van der Waals surface area (Å²) in [6.45, 7) is 3.56. The quantitative estimate of drug-likeness (QED) is 0.457. The molecule has 3 aromatic rings. The van der Waals surface area contributed by atoms with Crippen molar-refractivity contribution in [3.8, 4) is 0 Å². The minimum atomic E-state index is -1.19. The van der Waals surface area contributed by atoms with Gasteiger partial charge < -0.3 is 5.32 Å². The van der Waals surface area contributed by atoms with Crippen LogP contribution in [0.2, 0.25) is 0 Å². The van der Waals surface area contributed by atoms with Crippen LogP contribution in [-0.2, 0) is 16.9 Å². The Hall–Kier alpha value is -3.08. The third kappa shape index (κ3) is 4.09. The van der Waals surface area contributed by atoms with Gasteiger partial charge in [0.1, 0.15) is 23.7 Å². The Kier molecular flexibility index (Phi) is 5.27. The van der Waals surface area contributed by atoms with E-state index in [1.807, 2.05) is 0 Å². The molecule has 28 heavy (non-hydrogen) atoms. The molecule has 0 aliphatic heterocycles. The average Bonchev–Trinajstić information content (AvgIpc) is 3.25. The summed E-state index contributed by atoms with van der Waals surface area (Å²) in [6, 6.07) is 6.03. The molecule has 0 saturated heterocycles. The highest BCUT2D eigenvalue weighted by molar-refractivity contribution is 9.10. The van der Waals surface area contributed by atoms with Crippen LogP contribution in [0.4, 0.5) is 15.9 Å². The molecule has 1 N–H and O–H groups in total. The van der Waals surface area contributed by atoms with Gasteiger partial charge in [-0.3, -0.25) is 24.3 Å². The molecule has 0 radical (unpaired) electrons. The first-order valence-electron chi connectivity index (χ1n) is 8.15. The fraction of sp³-hybridized carbons (Fsp3) is 0.235. The van der Waals surface area contributed by atoms with Gasteiger partial charge in [0.2, 0.25) is 0 Å². The Balaban J connectivity index is 1.75. The molecule has 2 aromatic heterocycles. The van der Waals surface area contributed by atoms with Crippen molar-refractivity contribution in [2.24, 2.45) is 0 Å². The van der Waals surface area contributed by atoms with Crippen LogP contribution < -0.4 is 5.32 Å². The second-order valence-corrected chi connectivity index (χ2v) is 7.42. The minimum Gasteiger partial charge on any atom is -0.306 e. The fourth-order valence-electron chi connectivity index (χ4n) is 2.42. The number of nitrogens with zero attached hydrogens (tertiary/aromatic N) is 5. The highest BCUT2D eigenvalue weighted by atomic mass is 79.9. The number of carbonyl (C=O) groups is 1. The van der Waals surface area contributed by atoms with E-state index in [2.05, 4.69) is 31.4 Å². The summed E-state index contributed by atoms with van der Waals surface area (Å²) in [5.74, 6) is -0.473. The van der Waals surface area contributed by atoms with Crippen LogP contribution in [0.1, 0.15) is 19.4 Å². The SMILES string of the molecule is CC(C)(C(=O)Nc1nn(Cc2ccc(F)cc2)cc1Br)n1cc([N+](=O)[O-])cn1. The largest absolute Gasteiger partial charge is 0.307 e. The molecule has 1 amide bonds. The monoisotopic (exact) mass is 450 g/mol. The molecule has 11 heteroatoms. The van der Waals surface area contributed by atoms with E-state index in [9.17, 15) is 19.3 Å². The fourth-order valence-corrected chi connectivity index (χ4v) is 2.83. The molecule has 0 spiro atoms. The summed E-state index contributed by atoms with van der Waals surface area (Å²) in [7, 11) is 0. The number of benzene rings is 1. The van der Waals surface area contributed by atoms with Crippen LogP contribution in [0.25, 0.3) is 0 Å². The molecule has 146 valence electrons. The van der Waals surface area contributed by atoms with Crippen LogP contribution in [0.5, 0.6) is 0 Å². The van der Waals surface area contributed by atoms with Crippen molar-refractivity contribution in [1.29, 1.82) is 0 Å². The standard InChI is InChI=1S/C17H16BrFN6O3/c1-17(2,24-9-13(7-20-24)25(27)28)16(26)21-15-14(18)10-23(22-15)8-11-3-5-12(19)6-4-11/h3-7,9-10H,8H2,1-2H3,(H,21,22,26). The number of anilines is 1. The normalized spacial score (nSPS) is 11.4. The molecular weight excluding hydrogens is 435 g/mol. The number of halogens is 2. The van der Waals surface area contributed by atoms with Crippen molar-refractivity contribution in [3.63, 3.8) is 0 Å².